The fourth-order valence-corrected chi connectivity index (χ4v) is 4.56. The number of nitrogens with one attached hydrogen (secondary N) is 2. The van der Waals surface area contributed by atoms with Gasteiger partial charge in [-0.2, -0.15) is 4.31 Å². The van der Waals surface area contributed by atoms with Gasteiger partial charge in [0.25, 0.3) is 0 Å². The molecule has 0 bridgehead atoms. The van der Waals surface area contributed by atoms with Gasteiger partial charge in [-0.3, -0.25) is 4.79 Å². The van der Waals surface area contributed by atoms with E-state index in [4.69, 9.17) is 0 Å². The number of hydrogen-bond acceptors (Lipinski definition) is 3. The number of quaternary nitrogens is 1. The lowest BCUT2D eigenvalue weighted by Gasteiger charge is -2.31. The first-order valence-corrected chi connectivity index (χ1v) is 10.4. The number of amides is 1. The van der Waals surface area contributed by atoms with Crippen molar-refractivity contribution in [1.29, 1.82) is 0 Å². The van der Waals surface area contributed by atoms with Crippen LogP contribution >= 0.6 is 0 Å². The maximum absolute atomic E-state index is 13.6. The molecule has 0 radical (unpaired) electrons. The molecule has 3 rings (SSSR count). The normalized spacial score (nSPS) is 16.1. The van der Waals surface area contributed by atoms with Gasteiger partial charge >= 0.3 is 0 Å². The molecule has 6 nitrogen and oxygen atoms in total. The molecule has 1 amide bonds. The van der Waals surface area contributed by atoms with Crippen LogP contribution in [0.1, 0.15) is 6.42 Å². The highest BCUT2D eigenvalue weighted by Gasteiger charge is 2.30. The van der Waals surface area contributed by atoms with Gasteiger partial charge in [0.2, 0.25) is 15.9 Å². The van der Waals surface area contributed by atoms with Crippen molar-refractivity contribution in [2.75, 3.05) is 38.0 Å². The Morgan fingerprint density at radius 1 is 1.04 bits per heavy atom. The number of piperazine rings is 1. The average molecular weight is 410 g/mol. The van der Waals surface area contributed by atoms with Gasteiger partial charge in [-0.05, 0) is 36.4 Å². The average Bonchev–Trinajstić information content (AvgIpc) is 2.69. The summed E-state index contributed by atoms with van der Waals surface area (Å²) in [5.41, 5.74) is 0.151. The molecule has 1 saturated heterocycles. The van der Waals surface area contributed by atoms with Gasteiger partial charge in [0.1, 0.15) is 11.6 Å². The molecular weight excluding hydrogens is 388 g/mol. The Labute approximate surface area is 162 Å². The van der Waals surface area contributed by atoms with Crippen molar-refractivity contribution in [3.8, 4) is 0 Å². The molecule has 2 aromatic carbocycles. The minimum Gasteiger partial charge on any atom is -0.332 e. The molecule has 0 saturated carbocycles. The Hall–Kier alpha value is -2.36. The number of hydrogen-bond donors (Lipinski definition) is 2. The summed E-state index contributed by atoms with van der Waals surface area (Å²) in [4.78, 5) is 13.2. The van der Waals surface area contributed by atoms with Crippen molar-refractivity contribution in [3.05, 3.63) is 60.2 Å². The number of rotatable bonds is 6. The van der Waals surface area contributed by atoms with Crippen molar-refractivity contribution < 1.29 is 26.9 Å². The van der Waals surface area contributed by atoms with E-state index >= 15 is 0 Å². The number of sulfonamides is 1. The van der Waals surface area contributed by atoms with Crippen LogP contribution in [0.3, 0.4) is 0 Å². The molecule has 9 heteroatoms. The highest BCUT2D eigenvalue weighted by Crippen LogP contribution is 2.16. The topological polar surface area (TPSA) is 70.9 Å². The molecule has 2 N–H and O–H groups in total. The second-order valence-corrected chi connectivity index (χ2v) is 8.57. The molecule has 1 fully saturated rings. The summed E-state index contributed by atoms with van der Waals surface area (Å²) >= 11 is 0. The molecule has 0 atom stereocenters. The molecule has 1 aliphatic rings. The zero-order valence-electron chi connectivity index (χ0n) is 15.2. The number of para-hydroxylation sites is 1. The van der Waals surface area contributed by atoms with Crippen LogP contribution in [-0.4, -0.2) is 51.4 Å². The number of carbonyl (C=O) groups is 1. The van der Waals surface area contributed by atoms with E-state index < -0.39 is 21.7 Å². The summed E-state index contributed by atoms with van der Waals surface area (Å²) in [5.74, 6) is -1.25. The van der Waals surface area contributed by atoms with Crippen molar-refractivity contribution in [2.45, 2.75) is 11.3 Å². The van der Waals surface area contributed by atoms with Crippen molar-refractivity contribution in [2.24, 2.45) is 0 Å². The third-order valence-electron chi connectivity index (χ3n) is 4.73. The van der Waals surface area contributed by atoms with Gasteiger partial charge < -0.3 is 10.2 Å². The molecule has 0 aliphatic carbocycles. The second kappa shape index (κ2) is 8.76. The zero-order valence-corrected chi connectivity index (χ0v) is 16.0. The van der Waals surface area contributed by atoms with E-state index in [0.29, 0.717) is 32.7 Å². The van der Waals surface area contributed by atoms with E-state index in [0.717, 1.165) is 17.0 Å². The summed E-state index contributed by atoms with van der Waals surface area (Å²) in [6, 6.07) is 10.7. The van der Waals surface area contributed by atoms with Crippen molar-refractivity contribution >= 4 is 21.6 Å². The molecule has 0 spiro atoms. The summed E-state index contributed by atoms with van der Waals surface area (Å²) < 4.78 is 53.2. The smallest absolute Gasteiger partial charge is 0.243 e. The van der Waals surface area contributed by atoms with Gasteiger partial charge in [-0.15, -0.1) is 0 Å². The largest absolute Gasteiger partial charge is 0.332 e. The Morgan fingerprint density at radius 3 is 2.32 bits per heavy atom. The molecule has 0 aromatic heterocycles. The van der Waals surface area contributed by atoms with Gasteiger partial charge in [0.15, 0.2) is 0 Å². The lowest BCUT2D eigenvalue weighted by Crippen LogP contribution is -3.14. The standard InChI is InChI=1S/C19H21F2N3O3S/c20-15-5-7-16(8-6-15)28(26,27)24-13-11-23(12-14-24)10-9-19(25)22-18-4-2-1-3-17(18)21/h1-8H,9-14H2,(H,22,25)/p+1. The number of carbonyl (C=O) groups excluding carboxylic acids is 1. The van der Waals surface area contributed by atoms with E-state index in [-0.39, 0.29) is 22.9 Å². The number of nitrogens with zero attached hydrogens (tertiary/aromatic N) is 1. The van der Waals surface area contributed by atoms with Crippen LogP contribution in [0.2, 0.25) is 0 Å². The first-order chi connectivity index (χ1) is 13.4. The first kappa shape index (κ1) is 20.4. The third kappa shape index (κ3) is 4.92. The number of benzene rings is 2. The minimum absolute atomic E-state index is 0.0709. The summed E-state index contributed by atoms with van der Waals surface area (Å²) in [7, 11) is -3.65. The SMILES string of the molecule is O=C(CC[NH+]1CCN(S(=O)(=O)c2ccc(F)cc2)CC1)Nc1ccccc1F. The molecule has 150 valence electrons. The van der Waals surface area contributed by atoms with Crippen LogP contribution in [0, 0.1) is 11.6 Å². The number of anilines is 1. The fourth-order valence-electron chi connectivity index (χ4n) is 3.11. The lowest BCUT2D eigenvalue weighted by molar-refractivity contribution is -0.903. The maximum atomic E-state index is 13.6. The van der Waals surface area contributed by atoms with Crippen LogP contribution in [0.15, 0.2) is 53.4 Å². The van der Waals surface area contributed by atoms with Crippen molar-refractivity contribution in [3.63, 3.8) is 0 Å². The molecule has 1 aliphatic heterocycles. The third-order valence-corrected chi connectivity index (χ3v) is 6.65. The highest BCUT2D eigenvalue weighted by atomic mass is 32.2. The fraction of sp³-hybridized carbons (Fsp3) is 0.316. The molecular formula is C19H22F2N3O3S+. The van der Waals surface area contributed by atoms with E-state index in [1.165, 1.54) is 28.6 Å². The summed E-state index contributed by atoms with van der Waals surface area (Å²) in [5, 5.41) is 2.54. The van der Waals surface area contributed by atoms with Crippen LogP contribution in [0.4, 0.5) is 14.5 Å². The number of halogens is 2. The van der Waals surface area contributed by atoms with Gasteiger partial charge in [-0.1, -0.05) is 12.1 Å². The minimum atomic E-state index is -3.65. The van der Waals surface area contributed by atoms with Crippen LogP contribution in [-0.2, 0) is 14.8 Å². The van der Waals surface area contributed by atoms with Crippen LogP contribution in [0.5, 0.6) is 0 Å². The predicted octanol–water partition coefficient (Wildman–Crippen LogP) is 0.883. The Bertz CT molecular complexity index is 928. The monoisotopic (exact) mass is 410 g/mol. The van der Waals surface area contributed by atoms with Crippen molar-refractivity contribution in [1.82, 2.24) is 4.31 Å². The van der Waals surface area contributed by atoms with Gasteiger partial charge in [-0.25, -0.2) is 17.2 Å². The zero-order chi connectivity index (χ0) is 20.1. The second-order valence-electron chi connectivity index (χ2n) is 6.64. The Balaban J connectivity index is 1.48. The summed E-state index contributed by atoms with van der Waals surface area (Å²) in [6.45, 7) is 2.31. The Kier molecular flexibility index (Phi) is 6.38. The highest BCUT2D eigenvalue weighted by molar-refractivity contribution is 7.89. The molecule has 2 aromatic rings. The van der Waals surface area contributed by atoms with Crippen LogP contribution < -0.4 is 10.2 Å². The van der Waals surface area contributed by atoms with E-state index in [2.05, 4.69) is 5.32 Å². The molecule has 1 heterocycles. The Morgan fingerprint density at radius 2 is 1.68 bits per heavy atom. The van der Waals surface area contributed by atoms with Crippen LogP contribution in [0.25, 0.3) is 0 Å². The summed E-state index contributed by atoms with van der Waals surface area (Å²) in [6.07, 6.45) is 0.217. The quantitative estimate of drug-likeness (QED) is 0.743. The van der Waals surface area contributed by atoms with E-state index in [9.17, 15) is 22.0 Å². The molecule has 0 unspecified atom stereocenters. The van der Waals surface area contributed by atoms with E-state index in [1.807, 2.05) is 0 Å². The molecule has 28 heavy (non-hydrogen) atoms. The van der Waals surface area contributed by atoms with Gasteiger partial charge in [0.05, 0.1) is 49.7 Å². The first-order valence-electron chi connectivity index (χ1n) is 9.00. The van der Waals surface area contributed by atoms with Gasteiger partial charge in [0, 0.05) is 0 Å². The lowest BCUT2D eigenvalue weighted by atomic mass is 10.2. The van der Waals surface area contributed by atoms with E-state index in [1.54, 1.807) is 12.1 Å². The predicted molar refractivity (Wildman–Crippen MR) is 100 cm³/mol. The maximum Gasteiger partial charge on any atom is 0.243 e.